The quantitative estimate of drug-likeness (QED) is 0.822. The maximum Gasteiger partial charge on any atom is 0.242 e. The number of piperazine rings is 1. The first kappa shape index (κ1) is 18.3. The minimum Gasteiger partial charge on any atom is -0.491 e. The molecule has 0 saturated carbocycles. The molecule has 0 unspecified atom stereocenters. The monoisotopic (exact) mass is 379 g/mol. The SMILES string of the molecule is Cc1ccccc1N1CCN(C(=O)CN2C(=O)CCOc3ccccc32)CC1. The van der Waals surface area contributed by atoms with Gasteiger partial charge in [-0.05, 0) is 30.7 Å². The van der Waals surface area contributed by atoms with Crippen LogP contribution < -0.4 is 14.5 Å². The number of para-hydroxylation sites is 3. The van der Waals surface area contributed by atoms with Gasteiger partial charge in [-0.1, -0.05) is 30.3 Å². The molecule has 0 atom stereocenters. The summed E-state index contributed by atoms with van der Waals surface area (Å²) in [6.07, 6.45) is 0.281. The van der Waals surface area contributed by atoms with Gasteiger partial charge < -0.3 is 14.5 Å². The van der Waals surface area contributed by atoms with Crippen molar-refractivity contribution in [1.29, 1.82) is 0 Å². The number of amides is 2. The van der Waals surface area contributed by atoms with E-state index in [1.807, 2.05) is 41.3 Å². The lowest BCUT2D eigenvalue weighted by atomic mass is 10.1. The number of carbonyl (C=O) groups excluding carboxylic acids is 2. The fourth-order valence-corrected chi connectivity index (χ4v) is 3.84. The van der Waals surface area contributed by atoms with E-state index in [0.717, 1.165) is 13.1 Å². The van der Waals surface area contributed by atoms with Crippen LogP contribution in [0.15, 0.2) is 48.5 Å². The lowest BCUT2D eigenvalue weighted by molar-refractivity contribution is -0.131. The van der Waals surface area contributed by atoms with Crippen LogP contribution in [0.5, 0.6) is 5.75 Å². The number of rotatable bonds is 3. The van der Waals surface area contributed by atoms with Crippen molar-refractivity contribution in [2.75, 3.05) is 49.1 Å². The number of ether oxygens (including phenoxy) is 1. The van der Waals surface area contributed by atoms with Crippen molar-refractivity contribution in [3.05, 3.63) is 54.1 Å². The Labute approximate surface area is 165 Å². The Hall–Kier alpha value is -3.02. The summed E-state index contributed by atoms with van der Waals surface area (Å²) in [5.74, 6) is 0.567. The highest BCUT2D eigenvalue weighted by Gasteiger charge is 2.28. The molecular weight excluding hydrogens is 354 g/mol. The van der Waals surface area contributed by atoms with Crippen molar-refractivity contribution < 1.29 is 14.3 Å². The molecule has 1 saturated heterocycles. The van der Waals surface area contributed by atoms with Gasteiger partial charge in [0.15, 0.2) is 0 Å². The highest BCUT2D eigenvalue weighted by atomic mass is 16.5. The summed E-state index contributed by atoms with van der Waals surface area (Å²) >= 11 is 0. The molecule has 146 valence electrons. The normalized spacial score (nSPS) is 17.0. The van der Waals surface area contributed by atoms with Crippen LogP contribution in [0.25, 0.3) is 0 Å². The van der Waals surface area contributed by atoms with Gasteiger partial charge in [-0.2, -0.15) is 0 Å². The Morgan fingerprint density at radius 3 is 2.39 bits per heavy atom. The van der Waals surface area contributed by atoms with Crippen LogP contribution in [0.2, 0.25) is 0 Å². The Bertz CT molecular complexity index is 875. The van der Waals surface area contributed by atoms with E-state index >= 15 is 0 Å². The summed E-state index contributed by atoms with van der Waals surface area (Å²) in [5.41, 5.74) is 3.15. The van der Waals surface area contributed by atoms with Gasteiger partial charge in [-0.25, -0.2) is 0 Å². The molecule has 0 spiro atoms. The molecule has 4 rings (SSSR count). The smallest absolute Gasteiger partial charge is 0.242 e. The molecule has 2 aliphatic rings. The van der Waals surface area contributed by atoms with Gasteiger partial charge in [0, 0.05) is 31.9 Å². The van der Waals surface area contributed by atoms with Gasteiger partial charge in [-0.3, -0.25) is 14.5 Å². The topological polar surface area (TPSA) is 53.1 Å². The van der Waals surface area contributed by atoms with Crippen LogP contribution >= 0.6 is 0 Å². The summed E-state index contributed by atoms with van der Waals surface area (Å²) in [5, 5.41) is 0. The molecule has 0 aliphatic carbocycles. The Balaban J connectivity index is 1.42. The molecule has 0 radical (unpaired) electrons. The van der Waals surface area contributed by atoms with Gasteiger partial charge in [-0.15, -0.1) is 0 Å². The number of hydrogen-bond acceptors (Lipinski definition) is 4. The van der Waals surface area contributed by atoms with Crippen LogP contribution in [0, 0.1) is 6.92 Å². The van der Waals surface area contributed by atoms with E-state index in [9.17, 15) is 9.59 Å². The van der Waals surface area contributed by atoms with Gasteiger partial charge in [0.25, 0.3) is 0 Å². The molecule has 0 aromatic heterocycles. The number of carbonyl (C=O) groups is 2. The molecular formula is C22H25N3O3. The minimum absolute atomic E-state index is 0.0190. The molecule has 6 nitrogen and oxygen atoms in total. The van der Waals surface area contributed by atoms with Gasteiger partial charge in [0.05, 0.1) is 18.7 Å². The van der Waals surface area contributed by atoms with E-state index in [1.54, 1.807) is 4.90 Å². The number of aryl methyl sites for hydroxylation is 1. The molecule has 2 heterocycles. The van der Waals surface area contributed by atoms with Crippen LogP contribution in [-0.2, 0) is 9.59 Å². The molecule has 0 N–H and O–H groups in total. The average molecular weight is 379 g/mol. The van der Waals surface area contributed by atoms with Crippen LogP contribution in [0.1, 0.15) is 12.0 Å². The highest BCUT2D eigenvalue weighted by Crippen LogP contribution is 2.31. The minimum atomic E-state index is -0.0724. The molecule has 6 heteroatoms. The maximum atomic E-state index is 12.9. The molecule has 28 heavy (non-hydrogen) atoms. The second-order valence-electron chi connectivity index (χ2n) is 7.20. The zero-order chi connectivity index (χ0) is 19.5. The largest absolute Gasteiger partial charge is 0.491 e. The molecule has 1 fully saturated rings. The molecule has 2 aliphatic heterocycles. The maximum absolute atomic E-state index is 12.9. The van der Waals surface area contributed by atoms with Crippen molar-refractivity contribution in [1.82, 2.24) is 4.90 Å². The van der Waals surface area contributed by atoms with Gasteiger partial charge >= 0.3 is 0 Å². The van der Waals surface area contributed by atoms with Gasteiger partial charge in [0.2, 0.25) is 11.8 Å². The summed E-state index contributed by atoms with van der Waals surface area (Å²) in [7, 11) is 0. The van der Waals surface area contributed by atoms with Gasteiger partial charge in [0.1, 0.15) is 12.3 Å². The van der Waals surface area contributed by atoms with E-state index in [1.165, 1.54) is 11.3 Å². The number of anilines is 2. The van der Waals surface area contributed by atoms with E-state index in [-0.39, 0.29) is 24.8 Å². The summed E-state index contributed by atoms with van der Waals surface area (Å²) < 4.78 is 5.66. The van der Waals surface area contributed by atoms with E-state index < -0.39 is 0 Å². The average Bonchev–Trinajstić information content (AvgIpc) is 2.87. The molecule has 0 bridgehead atoms. The molecule has 2 aromatic carbocycles. The first-order valence-corrected chi connectivity index (χ1v) is 9.74. The van der Waals surface area contributed by atoms with Crippen molar-refractivity contribution >= 4 is 23.2 Å². The lowest BCUT2D eigenvalue weighted by Gasteiger charge is -2.37. The van der Waals surface area contributed by atoms with Crippen molar-refractivity contribution in [2.24, 2.45) is 0 Å². The van der Waals surface area contributed by atoms with Crippen molar-refractivity contribution in [3.63, 3.8) is 0 Å². The molecule has 2 amide bonds. The fourth-order valence-electron chi connectivity index (χ4n) is 3.84. The third-order valence-electron chi connectivity index (χ3n) is 5.41. The standard InChI is InChI=1S/C22H25N3O3/c1-17-6-2-3-7-18(17)23-11-13-24(14-12-23)22(27)16-25-19-8-4-5-9-20(19)28-15-10-21(25)26/h2-9H,10-16H2,1H3. The van der Waals surface area contributed by atoms with Crippen LogP contribution in [0.3, 0.4) is 0 Å². The first-order chi connectivity index (χ1) is 13.6. The Morgan fingerprint density at radius 1 is 0.964 bits per heavy atom. The number of nitrogens with zero attached hydrogens (tertiary/aromatic N) is 3. The fraction of sp³-hybridized carbons (Fsp3) is 0.364. The third-order valence-corrected chi connectivity index (χ3v) is 5.41. The summed E-state index contributed by atoms with van der Waals surface area (Å²) in [6.45, 7) is 5.42. The number of fused-ring (bicyclic) bond motifs is 1. The summed E-state index contributed by atoms with van der Waals surface area (Å²) in [4.78, 5) is 31.2. The van der Waals surface area contributed by atoms with Crippen molar-refractivity contribution in [2.45, 2.75) is 13.3 Å². The lowest BCUT2D eigenvalue weighted by Crippen LogP contribution is -2.52. The number of hydrogen-bond donors (Lipinski definition) is 0. The Kier molecular flexibility index (Phi) is 5.19. The Morgan fingerprint density at radius 2 is 1.64 bits per heavy atom. The zero-order valence-electron chi connectivity index (χ0n) is 16.1. The third kappa shape index (κ3) is 3.67. The second-order valence-corrected chi connectivity index (χ2v) is 7.20. The zero-order valence-corrected chi connectivity index (χ0v) is 16.1. The van der Waals surface area contributed by atoms with Crippen LogP contribution in [-0.4, -0.2) is 56.0 Å². The molecule has 2 aromatic rings. The first-order valence-electron chi connectivity index (χ1n) is 9.74. The summed E-state index contributed by atoms with van der Waals surface area (Å²) in [6, 6.07) is 15.7. The van der Waals surface area contributed by atoms with E-state index in [2.05, 4.69) is 24.0 Å². The predicted molar refractivity (Wildman–Crippen MR) is 109 cm³/mol. The second kappa shape index (κ2) is 7.92. The van der Waals surface area contributed by atoms with Crippen molar-refractivity contribution in [3.8, 4) is 5.75 Å². The van der Waals surface area contributed by atoms with E-state index in [0.29, 0.717) is 31.1 Å². The van der Waals surface area contributed by atoms with Crippen LogP contribution in [0.4, 0.5) is 11.4 Å². The predicted octanol–water partition coefficient (Wildman–Crippen LogP) is 2.46. The van der Waals surface area contributed by atoms with E-state index in [4.69, 9.17) is 4.74 Å². The highest BCUT2D eigenvalue weighted by molar-refractivity contribution is 6.00. The number of benzene rings is 2.